The normalized spacial score (nSPS) is 11.4. The second-order valence-corrected chi connectivity index (χ2v) is 16.2. The molecule has 0 aliphatic heterocycles. The molecule has 0 radical (unpaired) electrons. The molecule has 0 amide bonds. The molecule has 3 heterocycles. The summed E-state index contributed by atoms with van der Waals surface area (Å²) >= 11 is 0. The summed E-state index contributed by atoms with van der Waals surface area (Å²) in [5.41, 5.74) is 15.4. The summed E-state index contributed by atoms with van der Waals surface area (Å²) in [6.45, 7) is 0. The van der Waals surface area contributed by atoms with E-state index < -0.39 is 0 Å². The molecule has 0 saturated carbocycles. The first kappa shape index (κ1) is 37.9. The molecule has 5 heteroatoms. The number of para-hydroxylation sites is 1. The number of benzene rings is 9. The van der Waals surface area contributed by atoms with Crippen LogP contribution in [0, 0.1) is 0 Å². The predicted molar refractivity (Wildman–Crippen MR) is 266 cm³/mol. The van der Waals surface area contributed by atoms with E-state index in [2.05, 4.69) is 164 Å². The van der Waals surface area contributed by atoms with Gasteiger partial charge in [-0.2, -0.15) is 0 Å². The lowest BCUT2D eigenvalue weighted by molar-refractivity contribution is 0.670. The van der Waals surface area contributed by atoms with Gasteiger partial charge in [-0.3, -0.25) is 0 Å². The maximum absolute atomic E-state index is 6.73. The highest BCUT2D eigenvalue weighted by atomic mass is 16.3. The van der Waals surface area contributed by atoms with E-state index in [1.165, 1.54) is 5.39 Å². The van der Waals surface area contributed by atoms with Crippen LogP contribution in [0.3, 0.4) is 0 Å². The summed E-state index contributed by atoms with van der Waals surface area (Å²) < 4.78 is 6.73. The minimum atomic E-state index is 0.664. The molecule has 0 saturated heterocycles. The van der Waals surface area contributed by atoms with Crippen molar-refractivity contribution in [2.45, 2.75) is 0 Å². The fourth-order valence-electron chi connectivity index (χ4n) is 8.91. The number of furan rings is 1. The van der Waals surface area contributed by atoms with Crippen molar-refractivity contribution >= 4 is 32.7 Å². The average Bonchev–Trinajstić information content (AvgIpc) is 3.78. The highest BCUT2D eigenvalue weighted by Crippen LogP contribution is 2.43. The third-order valence-electron chi connectivity index (χ3n) is 12.2. The van der Waals surface area contributed by atoms with Crippen LogP contribution >= 0.6 is 0 Å². The van der Waals surface area contributed by atoms with Crippen molar-refractivity contribution in [2.24, 2.45) is 0 Å². The third kappa shape index (κ3) is 7.11. The van der Waals surface area contributed by atoms with Crippen LogP contribution in [0.2, 0.25) is 0 Å². The van der Waals surface area contributed by atoms with Crippen molar-refractivity contribution in [2.75, 3.05) is 0 Å². The minimum absolute atomic E-state index is 0.664. The number of aromatic nitrogens is 4. The summed E-state index contributed by atoms with van der Waals surface area (Å²) in [6.07, 6.45) is 0. The Morgan fingerprint density at radius 2 is 0.738 bits per heavy atom. The van der Waals surface area contributed by atoms with Gasteiger partial charge in [-0.05, 0) is 51.7 Å². The van der Waals surface area contributed by atoms with Gasteiger partial charge in [0.15, 0.2) is 11.6 Å². The highest BCUT2D eigenvalue weighted by molar-refractivity contribution is 6.12. The fourth-order valence-corrected chi connectivity index (χ4v) is 8.91. The first-order chi connectivity index (χ1) is 32.2. The van der Waals surface area contributed by atoms with Crippen LogP contribution in [0.5, 0.6) is 0 Å². The Morgan fingerprint density at radius 1 is 0.277 bits per heavy atom. The lowest BCUT2D eigenvalue weighted by atomic mass is 9.91. The topological polar surface area (TPSA) is 64.7 Å². The molecule has 0 bridgehead atoms. The van der Waals surface area contributed by atoms with E-state index in [4.69, 9.17) is 24.4 Å². The van der Waals surface area contributed by atoms with Gasteiger partial charge in [0.05, 0.1) is 22.8 Å². The molecule has 65 heavy (non-hydrogen) atoms. The SMILES string of the molecule is c1ccc(-c2cc(-c3ccccc3)nc(-c3ccc(-c4c(-c5ccc(-c6nc(-c7ccccc7)cc(-c7cccc8ccccc78)n6)cc5)ccc5c4oc4ccccc45)cc3)n2)cc1. The van der Waals surface area contributed by atoms with Crippen LogP contribution in [0.4, 0.5) is 0 Å². The Kier molecular flexibility index (Phi) is 9.42. The number of nitrogens with zero attached hydrogens (tertiary/aromatic N) is 4. The Balaban J connectivity index is 0.968. The summed E-state index contributed by atoms with van der Waals surface area (Å²) in [7, 11) is 0. The molecular formula is C60H38N4O. The summed E-state index contributed by atoms with van der Waals surface area (Å²) in [6, 6.07) is 79.7. The largest absolute Gasteiger partial charge is 0.455 e. The Bertz CT molecular complexity index is 3620. The number of hydrogen-bond acceptors (Lipinski definition) is 5. The maximum atomic E-state index is 6.73. The zero-order valence-electron chi connectivity index (χ0n) is 35.1. The van der Waals surface area contributed by atoms with E-state index in [1.807, 2.05) is 66.7 Å². The molecular weight excluding hydrogens is 793 g/mol. The Hall–Kier alpha value is -8.80. The number of rotatable bonds is 8. The van der Waals surface area contributed by atoms with Gasteiger partial charge in [0, 0.05) is 49.7 Å². The van der Waals surface area contributed by atoms with Crippen LogP contribution in [0.25, 0.3) is 123 Å². The minimum Gasteiger partial charge on any atom is -0.455 e. The average molecular weight is 831 g/mol. The van der Waals surface area contributed by atoms with Crippen LogP contribution < -0.4 is 0 Å². The highest BCUT2D eigenvalue weighted by Gasteiger charge is 2.20. The fraction of sp³-hybridized carbons (Fsp3) is 0. The zero-order valence-corrected chi connectivity index (χ0v) is 35.1. The van der Waals surface area contributed by atoms with Crippen LogP contribution in [-0.4, -0.2) is 19.9 Å². The molecule has 0 spiro atoms. The van der Waals surface area contributed by atoms with E-state index in [0.29, 0.717) is 11.6 Å². The van der Waals surface area contributed by atoms with Crippen LogP contribution in [0.1, 0.15) is 0 Å². The summed E-state index contributed by atoms with van der Waals surface area (Å²) in [5.74, 6) is 1.33. The second-order valence-electron chi connectivity index (χ2n) is 16.2. The van der Waals surface area contributed by atoms with E-state index >= 15 is 0 Å². The Labute approximate surface area is 376 Å². The second kappa shape index (κ2) is 16.2. The van der Waals surface area contributed by atoms with Crippen LogP contribution in [-0.2, 0) is 0 Å². The molecule has 3 aromatic heterocycles. The molecule has 12 aromatic rings. The van der Waals surface area contributed by atoms with Crippen molar-refractivity contribution in [1.29, 1.82) is 0 Å². The molecule has 0 aliphatic rings. The number of fused-ring (bicyclic) bond motifs is 4. The molecule has 0 unspecified atom stereocenters. The van der Waals surface area contributed by atoms with E-state index in [-0.39, 0.29) is 0 Å². The quantitative estimate of drug-likeness (QED) is 0.153. The predicted octanol–water partition coefficient (Wildman–Crippen LogP) is 15.7. The first-order valence-corrected chi connectivity index (χ1v) is 21.8. The van der Waals surface area contributed by atoms with Crippen molar-refractivity contribution < 1.29 is 4.42 Å². The number of hydrogen-bond donors (Lipinski definition) is 0. The Morgan fingerprint density at radius 3 is 1.34 bits per heavy atom. The van der Waals surface area contributed by atoms with Crippen molar-refractivity contribution in [3.8, 4) is 90.1 Å². The van der Waals surface area contributed by atoms with Gasteiger partial charge in [-0.1, -0.05) is 206 Å². The van der Waals surface area contributed by atoms with Gasteiger partial charge >= 0.3 is 0 Å². The molecule has 5 nitrogen and oxygen atoms in total. The molecule has 12 rings (SSSR count). The molecule has 0 atom stereocenters. The van der Waals surface area contributed by atoms with Gasteiger partial charge < -0.3 is 4.42 Å². The smallest absolute Gasteiger partial charge is 0.160 e. The standard InChI is InChI=1S/C60H38N4O/c1-4-16-41(17-5-1)52-37-53(42-18-6-2-7-19-42)62-59(61-52)46-33-29-44(30-34-46)57-48(35-36-51-50-24-12-13-26-56(50)65-58(51)57)40-27-31-45(32-28-40)60-63-54(43-20-8-3-9-21-43)38-55(64-60)49-25-14-22-39-15-10-11-23-47(39)49/h1-38H. The van der Waals surface area contributed by atoms with Crippen molar-refractivity contribution in [3.63, 3.8) is 0 Å². The first-order valence-electron chi connectivity index (χ1n) is 21.8. The molecule has 9 aromatic carbocycles. The van der Waals surface area contributed by atoms with Gasteiger partial charge in [-0.15, -0.1) is 0 Å². The lowest BCUT2D eigenvalue weighted by Crippen LogP contribution is -1.96. The van der Waals surface area contributed by atoms with Crippen molar-refractivity contribution in [3.05, 3.63) is 231 Å². The molecule has 0 aliphatic carbocycles. The van der Waals surface area contributed by atoms with Crippen LogP contribution in [0.15, 0.2) is 235 Å². The maximum Gasteiger partial charge on any atom is 0.160 e. The van der Waals surface area contributed by atoms with E-state index in [9.17, 15) is 0 Å². The zero-order chi connectivity index (χ0) is 43.1. The monoisotopic (exact) mass is 830 g/mol. The van der Waals surface area contributed by atoms with E-state index in [0.717, 1.165) is 106 Å². The third-order valence-corrected chi connectivity index (χ3v) is 12.2. The van der Waals surface area contributed by atoms with Gasteiger partial charge in [-0.25, -0.2) is 19.9 Å². The van der Waals surface area contributed by atoms with Gasteiger partial charge in [0.1, 0.15) is 11.2 Å². The molecule has 0 N–H and O–H groups in total. The van der Waals surface area contributed by atoms with E-state index in [1.54, 1.807) is 0 Å². The van der Waals surface area contributed by atoms with Crippen molar-refractivity contribution in [1.82, 2.24) is 19.9 Å². The molecule has 304 valence electrons. The summed E-state index contributed by atoms with van der Waals surface area (Å²) in [4.78, 5) is 20.6. The lowest BCUT2D eigenvalue weighted by Gasteiger charge is -2.14. The summed E-state index contributed by atoms with van der Waals surface area (Å²) in [5, 5.41) is 4.48. The van der Waals surface area contributed by atoms with Gasteiger partial charge in [0.2, 0.25) is 0 Å². The van der Waals surface area contributed by atoms with Gasteiger partial charge in [0.25, 0.3) is 0 Å². The molecule has 0 fully saturated rings.